The van der Waals surface area contributed by atoms with Gasteiger partial charge in [-0.1, -0.05) is 18.2 Å². The molecule has 34 heavy (non-hydrogen) atoms. The van der Waals surface area contributed by atoms with Crippen LogP contribution in [0.2, 0.25) is 0 Å². The minimum absolute atomic E-state index is 0.00563. The Balaban J connectivity index is 1.65. The molecule has 0 atom stereocenters. The molecule has 1 aliphatic heterocycles. The van der Waals surface area contributed by atoms with E-state index in [4.69, 9.17) is 9.47 Å². The number of hydrogen-bond acceptors (Lipinski definition) is 5. The predicted octanol–water partition coefficient (Wildman–Crippen LogP) is 6.00. The van der Waals surface area contributed by atoms with Gasteiger partial charge in [0.1, 0.15) is 12.2 Å². The first-order chi connectivity index (χ1) is 15.8. The van der Waals surface area contributed by atoms with Gasteiger partial charge in [-0.2, -0.15) is 13.2 Å². The number of carbonyl (C=O) groups excluding carboxylic acids is 2. The van der Waals surface area contributed by atoms with Gasteiger partial charge in [0, 0.05) is 41.9 Å². The molecule has 6 nitrogen and oxygen atoms in total. The Kier molecular flexibility index (Phi) is 7.53. The number of amides is 1. The molecule has 1 saturated heterocycles. The number of halogens is 3. The minimum atomic E-state index is -4.61. The van der Waals surface area contributed by atoms with Crippen molar-refractivity contribution in [2.24, 2.45) is 0 Å². The van der Waals surface area contributed by atoms with Crippen molar-refractivity contribution in [1.82, 2.24) is 9.88 Å². The van der Waals surface area contributed by atoms with Crippen LogP contribution in [0.1, 0.15) is 73.6 Å². The van der Waals surface area contributed by atoms with E-state index in [-0.39, 0.29) is 35.6 Å². The summed E-state index contributed by atoms with van der Waals surface area (Å²) >= 11 is 0. The average molecular weight is 479 g/mol. The quantitative estimate of drug-likeness (QED) is 0.494. The van der Waals surface area contributed by atoms with Gasteiger partial charge in [-0.25, -0.2) is 9.78 Å². The van der Waals surface area contributed by atoms with E-state index in [1.165, 1.54) is 19.1 Å². The normalized spacial score (nSPS) is 15.2. The van der Waals surface area contributed by atoms with Crippen molar-refractivity contribution >= 4 is 11.9 Å². The molecule has 0 aliphatic carbocycles. The number of aromatic nitrogens is 1. The van der Waals surface area contributed by atoms with E-state index >= 15 is 0 Å². The zero-order valence-corrected chi connectivity index (χ0v) is 19.7. The molecule has 1 aliphatic rings. The monoisotopic (exact) mass is 478 g/mol. The molecule has 2 heterocycles. The highest BCUT2D eigenvalue weighted by Crippen LogP contribution is 2.34. The molecule has 1 amide bonds. The summed E-state index contributed by atoms with van der Waals surface area (Å²) in [4.78, 5) is 29.9. The summed E-state index contributed by atoms with van der Waals surface area (Å²) in [5.74, 6) is -0.122. The number of pyridine rings is 1. The molecular formula is C25H29F3N2O4. The van der Waals surface area contributed by atoms with Crippen LogP contribution in [0.4, 0.5) is 18.0 Å². The van der Waals surface area contributed by atoms with Crippen molar-refractivity contribution in [2.45, 2.75) is 64.8 Å². The Labute approximate surface area is 197 Å². The summed E-state index contributed by atoms with van der Waals surface area (Å²) in [6.45, 7) is 7.42. The number of ether oxygens (including phenoxy) is 2. The molecule has 1 fully saturated rings. The van der Waals surface area contributed by atoms with Gasteiger partial charge < -0.3 is 14.4 Å². The van der Waals surface area contributed by atoms with Crippen LogP contribution in [0.15, 0.2) is 36.4 Å². The summed E-state index contributed by atoms with van der Waals surface area (Å²) < 4.78 is 51.5. The Hall–Kier alpha value is -3.10. The number of nitrogens with zero attached hydrogens (tertiary/aromatic N) is 2. The van der Waals surface area contributed by atoms with Crippen molar-refractivity contribution in [3.05, 3.63) is 58.8 Å². The Morgan fingerprint density at radius 2 is 1.76 bits per heavy atom. The van der Waals surface area contributed by atoms with Crippen LogP contribution >= 0.6 is 0 Å². The van der Waals surface area contributed by atoms with Crippen LogP contribution < -0.4 is 4.74 Å². The number of carbonyl (C=O) groups is 2. The Bertz CT molecular complexity index is 1040. The van der Waals surface area contributed by atoms with Crippen molar-refractivity contribution in [3.8, 4) is 5.88 Å². The molecule has 9 heteroatoms. The van der Waals surface area contributed by atoms with E-state index in [0.717, 1.165) is 11.8 Å². The molecule has 0 bridgehead atoms. The van der Waals surface area contributed by atoms with Crippen molar-refractivity contribution in [1.29, 1.82) is 0 Å². The largest absolute Gasteiger partial charge is 0.473 e. The number of rotatable bonds is 5. The molecule has 184 valence electrons. The Morgan fingerprint density at radius 1 is 1.09 bits per heavy atom. The van der Waals surface area contributed by atoms with Gasteiger partial charge in [0.05, 0.1) is 5.56 Å². The maximum Gasteiger partial charge on any atom is 0.416 e. The van der Waals surface area contributed by atoms with Crippen LogP contribution in [-0.4, -0.2) is 40.5 Å². The van der Waals surface area contributed by atoms with Crippen molar-refractivity contribution < 1.29 is 32.2 Å². The van der Waals surface area contributed by atoms with Crippen LogP contribution in [0.3, 0.4) is 0 Å². The highest BCUT2D eigenvalue weighted by Gasteiger charge is 2.34. The SMILES string of the molecule is CC(=O)c1ccc(COc2cccc(C3CCN(C(=O)OC(C)(C)C)CC3)n2)c(C(F)(F)F)c1. The Morgan fingerprint density at radius 3 is 2.35 bits per heavy atom. The highest BCUT2D eigenvalue weighted by atomic mass is 19.4. The number of alkyl halides is 3. The maximum atomic E-state index is 13.5. The van der Waals surface area contributed by atoms with Gasteiger partial charge in [0.25, 0.3) is 0 Å². The van der Waals surface area contributed by atoms with Crippen LogP contribution in [0.5, 0.6) is 5.88 Å². The number of benzene rings is 1. The fraction of sp³-hybridized carbons (Fsp3) is 0.480. The summed E-state index contributed by atoms with van der Waals surface area (Å²) in [6.07, 6.45) is -3.56. The van der Waals surface area contributed by atoms with Gasteiger partial charge in [0.2, 0.25) is 5.88 Å². The second-order valence-corrected chi connectivity index (χ2v) is 9.36. The lowest BCUT2D eigenvalue weighted by molar-refractivity contribution is -0.138. The topological polar surface area (TPSA) is 68.7 Å². The van der Waals surface area contributed by atoms with Gasteiger partial charge in [-0.3, -0.25) is 4.79 Å². The first-order valence-corrected chi connectivity index (χ1v) is 11.1. The van der Waals surface area contributed by atoms with Crippen LogP contribution in [0, 0.1) is 0 Å². The van der Waals surface area contributed by atoms with Gasteiger partial charge in [0.15, 0.2) is 5.78 Å². The lowest BCUT2D eigenvalue weighted by Crippen LogP contribution is -2.41. The first kappa shape index (κ1) is 25.5. The molecule has 0 spiro atoms. The molecule has 2 aromatic rings. The molecule has 0 unspecified atom stereocenters. The zero-order chi connectivity index (χ0) is 25.1. The fourth-order valence-corrected chi connectivity index (χ4v) is 3.76. The van der Waals surface area contributed by atoms with E-state index in [0.29, 0.717) is 25.9 Å². The molecule has 0 saturated carbocycles. The number of likely N-dealkylation sites (tertiary alicyclic amines) is 1. The van der Waals surface area contributed by atoms with E-state index in [2.05, 4.69) is 4.98 Å². The third-order valence-electron chi connectivity index (χ3n) is 5.51. The smallest absolute Gasteiger partial charge is 0.416 e. The summed E-state index contributed by atoms with van der Waals surface area (Å²) in [6, 6.07) is 8.67. The molecule has 0 radical (unpaired) electrons. The van der Waals surface area contributed by atoms with Crippen LogP contribution in [0.25, 0.3) is 0 Å². The average Bonchev–Trinajstić information content (AvgIpc) is 2.76. The van der Waals surface area contributed by atoms with E-state index in [1.54, 1.807) is 17.0 Å². The van der Waals surface area contributed by atoms with Crippen molar-refractivity contribution in [3.63, 3.8) is 0 Å². The summed E-state index contributed by atoms with van der Waals surface area (Å²) in [5.41, 5.74) is -0.765. The second-order valence-electron chi connectivity index (χ2n) is 9.36. The molecule has 0 N–H and O–H groups in total. The molecule has 3 rings (SSSR count). The third-order valence-corrected chi connectivity index (χ3v) is 5.51. The van der Waals surface area contributed by atoms with Gasteiger partial charge >= 0.3 is 12.3 Å². The van der Waals surface area contributed by atoms with E-state index in [1.807, 2.05) is 26.8 Å². The van der Waals surface area contributed by atoms with Gasteiger partial charge in [-0.15, -0.1) is 0 Å². The predicted molar refractivity (Wildman–Crippen MR) is 120 cm³/mol. The van der Waals surface area contributed by atoms with E-state index < -0.39 is 23.1 Å². The number of ketones is 1. The lowest BCUT2D eigenvalue weighted by atomic mass is 9.93. The third kappa shape index (κ3) is 6.71. The summed E-state index contributed by atoms with van der Waals surface area (Å²) in [5, 5.41) is 0. The van der Waals surface area contributed by atoms with Crippen LogP contribution in [-0.2, 0) is 17.5 Å². The second kappa shape index (κ2) is 10.0. The molecule has 1 aromatic heterocycles. The number of Topliss-reactive ketones (excluding diaryl/α,β-unsaturated/α-hetero) is 1. The standard InChI is InChI=1S/C25H29F3N2O4/c1-16(31)18-8-9-19(20(14-18)25(26,27)28)15-33-22-7-5-6-21(29-22)17-10-12-30(13-11-17)23(32)34-24(2,3)4/h5-9,14,17H,10-13,15H2,1-4H3. The molecule has 1 aromatic carbocycles. The highest BCUT2D eigenvalue weighted by molar-refractivity contribution is 5.94. The number of piperidine rings is 1. The first-order valence-electron chi connectivity index (χ1n) is 11.1. The summed E-state index contributed by atoms with van der Waals surface area (Å²) in [7, 11) is 0. The zero-order valence-electron chi connectivity index (χ0n) is 19.7. The minimum Gasteiger partial charge on any atom is -0.473 e. The maximum absolute atomic E-state index is 13.5. The van der Waals surface area contributed by atoms with E-state index in [9.17, 15) is 22.8 Å². The fourth-order valence-electron chi connectivity index (χ4n) is 3.76. The number of hydrogen-bond donors (Lipinski definition) is 0. The lowest BCUT2D eigenvalue weighted by Gasteiger charge is -2.33. The van der Waals surface area contributed by atoms with Gasteiger partial charge in [-0.05, 0) is 52.7 Å². The molecular weight excluding hydrogens is 449 g/mol. The van der Waals surface area contributed by atoms with Crippen molar-refractivity contribution in [2.75, 3.05) is 13.1 Å².